The lowest BCUT2D eigenvalue weighted by Crippen LogP contribution is -2.37. The molecule has 0 radical (unpaired) electrons. The number of rotatable bonds is 10. The van der Waals surface area contributed by atoms with Crippen molar-refractivity contribution in [3.05, 3.63) is 65.4 Å². The summed E-state index contributed by atoms with van der Waals surface area (Å²) in [7, 11) is 0. The van der Waals surface area contributed by atoms with Crippen LogP contribution in [0.1, 0.15) is 51.0 Å². The molecule has 3 rings (SSSR count). The lowest BCUT2D eigenvalue weighted by molar-refractivity contribution is -0.223. The Hall–Kier alpha value is -3.12. The van der Waals surface area contributed by atoms with Gasteiger partial charge < -0.3 is 14.2 Å². The molecule has 13 heteroatoms. The molecule has 0 amide bonds. The third-order valence-electron chi connectivity index (χ3n) is 6.06. The fraction of sp³-hybridized carbons (Fsp3) is 0.440. The average Bonchev–Trinajstić information content (AvgIpc) is 2.77. The van der Waals surface area contributed by atoms with Gasteiger partial charge in [-0.2, -0.15) is 26.3 Å². The topological polar surface area (TPSA) is 27.7 Å². The van der Waals surface area contributed by atoms with E-state index in [2.05, 4.69) is 14.2 Å². The van der Waals surface area contributed by atoms with Gasteiger partial charge in [-0.1, -0.05) is 19.8 Å². The maximum atomic E-state index is 14.6. The van der Waals surface area contributed by atoms with Crippen molar-refractivity contribution in [2.45, 2.75) is 57.7 Å². The third kappa shape index (κ3) is 7.04. The summed E-state index contributed by atoms with van der Waals surface area (Å²) in [5.74, 6) is -12.2. The van der Waals surface area contributed by atoms with Gasteiger partial charge in [-0.25, -0.2) is 17.6 Å². The van der Waals surface area contributed by atoms with E-state index in [9.17, 15) is 43.9 Å². The summed E-state index contributed by atoms with van der Waals surface area (Å²) < 4.78 is 152. The molecule has 38 heavy (non-hydrogen) atoms. The lowest BCUT2D eigenvalue weighted by atomic mass is 9.79. The van der Waals surface area contributed by atoms with Crippen LogP contribution in [0.3, 0.4) is 0 Å². The zero-order chi connectivity index (χ0) is 28.3. The first kappa shape index (κ1) is 29.4. The first-order valence-corrected chi connectivity index (χ1v) is 11.5. The fourth-order valence-corrected chi connectivity index (χ4v) is 4.33. The Bertz CT molecular complexity index is 1110. The average molecular weight is 560 g/mol. The van der Waals surface area contributed by atoms with Gasteiger partial charge in [0, 0.05) is 24.3 Å². The van der Waals surface area contributed by atoms with E-state index < -0.39 is 70.3 Å². The van der Waals surface area contributed by atoms with E-state index >= 15 is 0 Å². The van der Waals surface area contributed by atoms with Crippen LogP contribution < -0.4 is 14.2 Å². The highest BCUT2D eigenvalue weighted by Crippen LogP contribution is 2.43. The molecule has 3 nitrogen and oxygen atoms in total. The molecule has 0 atom stereocenters. The van der Waals surface area contributed by atoms with E-state index in [1.165, 1.54) is 0 Å². The van der Waals surface area contributed by atoms with Gasteiger partial charge in [0.15, 0.2) is 23.6 Å². The highest BCUT2D eigenvalue weighted by atomic mass is 19.3. The second kappa shape index (κ2) is 11.7. The number of ether oxygens (including phenoxy) is 3. The summed E-state index contributed by atoms with van der Waals surface area (Å²) in [5.41, 5.74) is -2.04. The van der Waals surface area contributed by atoms with Gasteiger partial charge >= 0.3 is 18.3 Å². The maximum Gasteiger partial charge on any atom is 0.432 e. The fourth-order valence-electron chi connectivity index (χ4n) is 4.33. The van der Waals surface area contributed by atoms with Gasteiger partial charge in [0.1, 0.15) is 28.7 Å². The van der Waals surface area contributed by atoms with Crippen LogP contribution in [0, 0.1) is 35.1 Å². The molecule has 1 saturated carbocycles. The summed E-state index contributed by atoms with van der Waals surface area (Å²) in [4.78, 5) is 0. The zero-order valence-electron chi connectivity index (χ0n) is 19.8. The van der Waals surface area contributed by atoms with Crippen LogP contribution >= 0.6 is 0 Å². The van der Waals surface area contributed by atoms with Crippen LogP contribution in [0.25, 0.3) is 0 Å². The largest absolute Gasteiger partial charge is 0.453 e. The molecule has 0 aromatic heterocycles. The maximum absolute atomic E-state index is 14.6. The van der Waals surface area contributed by atoms with Crippen LogP contribution in [0.15, 0.2) is 36.6 Å². The van der Waals surface area contributed by atoms with E-state index in [0.717, 1.165) is 12.8 Å². The molecule has 1 aliphatic rings. The summed E-state index contributed by atoms with van der Waals surface area (Å²) >= 11 is 0. The van der Waals surface area contributed by atoms with Crippen molar-refractivity contribution < 1.29 is 58.1 Å². The summed E-state index contributed by atoms with van der Waals surface area (Å²) in [6.45, 7) is 1.98. The highest BCUT2D eigenvalue weighted by Gasteiger charge is 2.45. The first-order chi connectivity index (χ1) is 17.7. The Morgan fingerprint density at radius 3 is 1.82 bits per heavy atom. The molecule has 0 spiro atoms. The van der Waals surface area contributed by atoms with Crippen molar-refractivity contribution in [2.24, 2.45) is 11.8 Å². The molecule has 0 aliphatic heterocycles. The number of hydrogen-bond donors (Lipinski definition) is 0. The molecule has 1 aliphatic carbocycles. The van der Waals surface area contributed by atoms with Gasteiger partial charge in [0.2, 0.25) is 0 Å². The van der Waals surface area contributed by atoms with E-state index in [0.29, 0.717) is 18.8 Å². The lowest BCUT2D eigenvalue weighted by Gasteiger charge is -2.33. The van der Waals surface area contributed by atoms with E-state index in [-0.39, 0.29) is 43.4 Å². The van der Waals surface area contributed by atoms with Crippen molar-refractivity contribution >= 4 is 0 Å². The van der Waals surface area contributed by atoms with Crippen molar-refractivity contribution in [3.8, 4) is 17.2 Å². The Morgan fingerprint density at radius 1 is 0.816 bits per heavy atom. The predicted molar refractivity (Wildman–Crippen MR) is 114 cm³/mol. The quantitative estimate of drug-likeness (QED) is 0.214. The normalized spacial score (nSPS) is 18.2. The van der Waals surface area contributed by atoms with Crippen molar-refractivity contribution in [1.29, 1.82) is 0 Å². The minimum atomic E-state index is -4.89. The van der Waals surface area contributed by atoms with E-state index in [4.69, 9.17) is 0 Å². The Kier molecular flexibility index (Phi) is 9.09. The van der Waals surface area contributed by atoms with Gasteiger partial charge in [0.25, 0.3) is 0 Å². The number of hydrogen-bond acceptors (Lipinski definition) is 3. The molecule has 2 aromatic carbocycles. The van der Waals surface area contributed by atoms with Crippen LogP contribution in [-0.2, 0) is 6.11 Å². The minimum Gasteiger partial charge on any atom is -0.453 e. The highest BCUT2D eigenvalue weighted by molar-refractivity contribution is 5.37. The minimum absolute atomic E-state index is 0.0966. The van der Waals surface area contributed by atoms with Crippen molar-refractivity contribution in [3.63, 3.8) is 0 Å². The Morgan fingerprint density at radius 2 is 1.32 bits per heavy atom. The number of alkyl halides is 4. The molecule has 2 aromatic rings. The molecule has 210 valence electrons. The molecule has 1 fully saturated rings. The molecule has 0 heterocycles. The van der Waals surface area contributed by atoms with Crippen LogP contribution in [0.5, 0.6) is 17.2 Å². The zero-order valence-corrected chi connectivity index (χ0v) is 19.8. The Labute approximate surface area is 211 Å². The SMILES string of the molecule is CCCC1CCC(C(F)(F)Oc2cc(F)c(C(F)(F)Oc3cc(F)c(OC=C(F)F)c(F)c3)c(F)c2)CC1. The van der Waals surface area contributed by atoms with E-state index in [1.54, 1.807) is 0 Å². The number of benzene rings is 2. The molecule has 0 saturated heterocycles. The summed E-state index contributed by atoms with van der Waals surface area (Å²) in [5, 5.41) is 0. The second-order valence-electron chi connectivity index (χ2n) is 8.79. The molecular weight excluding hydrogens is 538 g/mol. The van der Waals surface area contributed by atoms with Crippen molar-refractivity contribution in [1.82, 2.24) is 0 Å². The molecular formula is C25H22F10O3. The Balaban J connectivity index is 1.77. The molecule has 0 N–H and O–H groups in total. The standard InChI is InChI=1S/C25H22F10O3/c1-2-3-13-4-6-14(7-5-13)24(32,33)37-15-8-17(26)22(18(27)9-15)25(34,35)38-16-10-19(28)23(20(29)11-16)36-12-21(30)31/h8-14H,2-7H2,1H3. The number of halogens is 10. The van der Waals surface area contributed by atoms with Crippen LogP contribution in [0.4, 0.5) is 43.9 Å². The van der Waals surface area contributed by atoms with Crippen molar-refractivity contribution in [2.75, 3.05) is 0 Å². The first-order valence-electron chi connectivity index (χ1n) is 11.5. The van der Waals surface area contributed by atoms with Crippen LogP contribution in [0.2, 0.25) is 0 Å². The van der Waals surface area contributed by atoms with Gasteiger partial charge in [-0.15, -0.1) is 0 Å². The van der Waals surface area contributed by atoms with E-state index in [1.807, 2.05) is 6.92 Å². The van der Waals surface area contributed by atoms with Gasteiger partial charge in [-0.05, 0) is 31.6 Å². The van der Waals surface area contributed by atoms with Gasteiger partial charge in [0.05, 0.1) is 5.92 Å². The summed E-state index contributed by atoms with van der Waals surface area (Å²) in [6, 6.07) is 0.420. The predicted octanol–water partition coefficient (Wildman–Crippen LogP) is 9.07. The van der Waals surface area contributed by atoms with Crippen LogP contribution in [-0.4, -0.2) is 6.11 Å². The molecule has 0 unspecified atom stereocenters. The monoisotopic (exact) mass is 560 g/mol. The third-order valence-corrected chi connectivity index (χ3v) is 6.06. The molecule has 0 bridgehead atoms. The van der Waals surface area contributed by atoms with Gasteiger partial charge in [-0.3, -0.25) is 0 Å². The second-order valence-corrected chi connectivity index (χ2v) is 8.79. The summed E-state index contributed by atoms with van der Waals surface area (Å²) in [6.07, 6.45) is -8.40. The smallest absolute Gasteiger partial charge is 0.432 e.